The molecule has 1 aliphatic rings. The van der Waals surface area contributed by atoms with Crippen molar-refractivity contribution in [1.29, 1.82) is 5.26 Å². The highest BCUT2D eigenvalue weighted by atomic mass is 16.2. The summed E-state index contributed by atoms with van der Waals surface area (Å²) in [7, 11) is 0. The second kappa shape index (κ2) is 5.80. The van der Waals surface area contributed by atoms with E-state index < -0.39 is 0 Å². The van der Waals surface area contributed by atoms with E-state index in [1.165, 1.54) is 0 Å². The van der Waals surface area contributed by atoms with Gasteiger partial charge in [-0.05, 0) is 42.2 Å². The van der Waals surface area contributed by atoms with Crippen LogP contribution in [0.2, 0.25) is 0 Å². The van der Waals surface area contributed by atoms with Crippen LogP contribution in [-0.4, -0.2) is 17.4 Å². The van der Waals surface area contributed by atoms with Crippen LogP contribution >= 0.6 is 0 Å². The molecule has 1 amide bonds. The summed E-state index contributed by atoms with van der Waals surface area (Å²) < 4.78 is 0. The number of carbonyl (C=O) groups excluding carboxylic acids is 1. The van der Waals surface area contributed by atoms with Crippen molar-refractivity contribution in [1.82, 2.24) is 4.90 Å². The van der Waals surface area contributed by atoms with Gasteiger partial charge >= 0.3 is 0 Å². The molecule has 0 N–H and O–H groups in total. The van der Waals surface area contributed by atoms with Gasteiger partial charge < -0.3 is 4.90 Å². The van der Waals surface area contributed by atoms with E-state index in [0.717, 1.165) is 36.1 Å². The van der Waals surface area contributed by atoms with Gasteiger partial charge in [-0.3, -0.25) is 4.79 Å². The average molecular weight is 276 g/mol. The number of carbonyl (C=O) groups is 1. The molecule has 104 valence electrons. The third-order valence-corrected chi connectivity index (χ3v) is 3.87. The van der Waals surface area contributed by atoms with Crippen molar-refractivity contribution in [3.8, 4) is 6.07 Å². The monoisotopic (exact) mass is 276 g/mol. The molecule has 0 saturated heterocycles. The first kappa shape index (κ1) is 13.4. The van der Waals surface area contributed by atoms with Crippen LogP contribution in [0.4, 0.5) is 0 Å². The predicted octanol–water partition coefficient (Wildman–Crippen LogP) is 3.15. The highest BCUT2D eigenvalue weighted by molar-refractivity contribution is 5.96. The maximum atomic E-state index is 12.6. The Kier molecular flexibility index (Phi) is 3.70. The van der Waals surface area contributed by atoms with Gasteiger partial charge in [0.05, 0.1) is 11.6 Å². The number of amides is 1. The Hall–Kier alpha value is -2.60. The zero-order chi connectivity index (χ0) is 14.7. The molecule has 0 aromatic heterocycles. The molecule has 1 aliphatic heterocycles. The van der Waals surface area contributed by atoms with Crippen molar-refractivity contribution in [2.45, 2.75) is 19.4 Å². The lowest BCUT2D eigenvalue weighted by Gasteiger charge is -2.21. The van der Waals surface area contributed by atoms with E-state index >= 15 is 0 Å². The van der Waals surface area contributed by atoms with Crippen molar-refractivity contribution >= 4 is 5.91 Å². The van der Waals surface area contributed by atoms with E-state index in [4.69, 9.17) is 5.26 Å². The molecule has 0 fully saturated rings. The minimum absolute atomic E-state index is 0.104. The van der Waals surface area contributed by atoms with Gasteiger partial charge in [0.1, 0.15) is 0 Å². The Labute approximate surface area is 124 Å². The van der Waals surface area contributed by atoms with Crippen molar-refractivity contribution < 1.29 is 4.79 Å². The first-order valence-corrected chi connectivity index (χ1v) is 7.14. The summed E-state index contributed by atoms with van der Waals surface area (Å²) in [5, 5.41) is 8.82. The predicted molar refractivity (Wildman–Crippen MR) is 80.7 cm³/mol. The molecular weight excluding hydrogens is 260 g/mol. The second-order valence-electron chi connectivity index (χ2n) is 5.30. The first-order valence-electron chi connectivity index (χ1n) is 7.14. The molecule has 0 spiro atoms. The molecular formula is C18H16N2O. The lowest BCUT2D eigenvalue weighted by atomic mass is 10.0. The van der Waals surface area contributed by atoms with Crippen LogP contribution in [0.25, 0.3) is 0 Å². The smallest absolute Gasteiger partial charge is 0.254 e. The average Bonchev–Trinajstić information content (AvgIpc) is 2.69. The zero-order valence-corrected chi connectivity index (χ0v) is 11.7. The fourth-order valence-corrected chi connectivity index (χ4v) is 2.74. The van der Waals surface area contributed by atoms with E-state index in [1.807, 2.05) is 41.3 Å². The number of aryl methyl sites for hydroxylation is 1. The van der Waals surface area contributed by atoms with Gasteiger partial charge in [-0.2, -0.15) is 5.26 Å². The maximum absolute atomic E-state index is 12.6. The molecule has 0 atom stereocenters. The van der Waals surface area contributed by atoms with E-state index in [1.54, 1.807) is 12.1 Å². The van der Waals surface area contributed by atoms with Crippen LogP contribution in [0.5, 0.6) is 0 Å². The molecule has 2 aromatic rings. The SMILES string of the molecule is N#Cc1ccc(CN2CCCc3ccccc3C2=O)cc1. The van der Waals surface area contributed by atoms with E-state index in [9.17, 15) is 4.79 Å². The normalized spacial score (nSPS) is 14.2. The molecule has 3 nitrogen and oxygen atoms in total. The summed E-state index contributed by atoms with van der Waals surface area (Å²) in [6.45, 7) is 1.37. The van der Waals surface area contributed by atoms with Crippen LogP contribution < -0.4 is 0 Å². The summed E-state index contributed by atoms with van der Waals surface area (Å²) in [6, 6.07) is 17.4. The van der Waals surface area contributed by atoms with Gasteiger partial charge in [0.25, 0.3) is 5.91 Å². The summed E-state index contributed by atoms with van der Waals surface area (Å²) >= 11 is 0. The molecule has 0 unspecified atom stereocenters. The van der Waals surface area contributed by atoms with Gasteiger partial charge in [0.2, 0.25) is 0 Å². The van der Waals surface area contributed by atoms with Crippen LogP contribution in [0.3, 0.4) is 0 Å². The number of benzene rings is 2. The van der Waals surface area contributed by atoms with Gasteiger partial charge in [0, 0.05) is 18.7 Å². The molecule has 0 radical (unpaired) electrons. The minimum atomic E-state index is 0.104. The Bertz CT molecular complexity index is 698. The number of rotatable bonds is 2. The third kappa shape index (κ3) is 2.80. The molecule has 0 aliphatic carbocycles. The highest BCUT2D eigenvalue weighted by Gasteiger charge is 2.21. The molecule has 1 heterocycles. The Morgan fingerprint density at radius 1 is 1.10 bits per heavy atom. The number of nitriles is 1. The first-order chi connectivity index (χ1) is 10.3. The van der Waals surface area contributed by atoms with Crippen LogP contribution in [0, 0.1) is 11.3 Å². The van der Waals surface area contributed by atoms with Crippen LogP contribution in [0.1, 0.15) is 33.5 Å². The fraction of sp³-hybridized carbons (Fsp3) is 0.222. The molecule has 0 saturated carbocycles. The quantitative estimate of drug-likeness (QED) is 0.845. The van der Waals surface area contributed by atoms with Crippen molar-refractivity contribution in [2.24, 2.45) is 0 Å². The van der Waals surface area contributed by atoms with Crippen molar-refractivity contribution in [2.75, 3.05) is 6.54 Å². The number of fused-ring (bicyclic) bond motifs is 1. The molecule has 3 heteroatoms. The maximum Gasteiger partial charge on any atom is 0.254 e. The topological polar surface area (TPSA) is 44.1 Å². The van der Waals surface area contributed by atoms with Crippen LogP contribution in [0.15, 0.2) is 48.5 Å². The van der Waals surface area contributed by atoms with E-state index in [0.29, 0.717) is 12.1 Å². The lowest BCUT2D eigenvalue weighted by molar-refractivity contribution is 0.0749. The standard InChI is InChI=1S/C18H16N2O/c19-12-14-7-9-15(10-8-14)13-20-11-3-5-16-4-1-2-6-17(16)18(20)21/h1-2,4,6-10H,3,5,11,13H2. The summed E-state index contributed by atoms with van der Waals surface area (Å²) in [5.41, 5.74) is 3.67. The second-order valence-corrected chi connectivity index (χ2v) is 5.30. The fourth-order valence-electron chi connectivity index (χ4n) is 2.74. The van der Waals surface area contributed by atoms with Crippen molar-refractivity contribution in [3.63, 3.8) is 0 Å². The molecule has 21 heavy (non-hydrogen) atoms. The third-order valence-electron chi connectivity index (χ3n) is 3.87. The highest BCUT2D eigenvalue weighted by Crippen LogP contribution is 2.20. The lowest BCUT2D eigenvalue weighted by Crippen LogP contribution is -2.30. The van der Waals surface area contributed by atoms with Gasteiger partial charge in [0.15, 0.2) is 0 Å². The molecule has 0 bridgehead atoms. The summed E-state index contributed by atoms with van der Waals surface area (Å²) in [5.74, 6) is 0.104. The number of nitrogens with zero attached hydrogens (tertiary/aromatic N) is 2. The number of hydrogen-bond donors (Lipinski definition) is 0. The van der Waals surface area contributed by atoms with Crippen LogP contribution in [-0.2, 0) is 13.0 Å². The Morgan fingerprint density at radius 2 is 1.86 bits per heavy atom. The van der Waals surface area contributed by atoms with E-state index in [2.05, 4.69) is 6.07 Å². The van der Waals surface area contributed by atoms with Gasteiger partial charge in [-0.1, -0.05) is 30.3 Å². The molecule has 3 rings (SSSR count). The van der Waals surface area contributed by atoms with Crippen molar-refractivity contribution in [3.05, 3.63) is 70.8 Å². The Balaban J connectivity index is 1.82. The summed E-state index contributed by atoms with van der Waals surface area (Å²) in [4.78, 5) is 14.5. The Morgan fingerprint density at radius 3 is 2.62 bits per heavy atom. The molecule has 2 aromatic carbocycles. The minimum Gasteiger partial charge on any atom is -0.334 e. The number of hydrogen-bond acceptors (Lipinski definition) is 2. The largest absolute Gasteiger partial charge is 0.334 e. The van der Waals surface area contributed by atoms with Gasteiger partial charge in [-0.15, -0.1) is 0 Å². The zero-order valence-electron chi connectivity index (χ0n) is 11.7. The summed E-state index contributed by atoms with van der Waals surface area (Å²) in [6.07, 6.45) is 1.94. The van der Waals surface area contributed by atoms with E-state index in [-0.39, 0.29) is 5.91 Å². The van der Waals surface area contributed by atoms with Gasteiger partial charge in [-0.25, -0.2) is 0 Å².